The maximum absolute atomic E-state index is 12.4. The van der Waals surface area contributed by atoms with Crippen molar-refractivity contribution in [3.05, 3.63) is 33.4 Å². The summed E-state index contributed by atoms with van der Waals surface area (Å²) in [6.45, 7) is 5.77. The lowest BCUT2D eigenvalue weighted by Gasteiger charge is -2.21. The van der Waals surface area contributed by atoms with Crippen molar-refractivity contribution in [2.75, 3.05) is 13.7 Å². The molecule has 2 amide bonds. The Bertz CT molecular complexity index is 854. The lowest BCUT2D eigenvalue weighted by Crippen LogP contribution is -2.49. The second-order valence-electron chi connectivity index (χ2n) is 9.64. The van der Waals surface area contributed by atoms with E-state index in [1.165, 1.54) is 16.2 Å². The molecule has 9 nitrogen and oxygen atoms in total. The predicted molar refractivity (Wildman–Crippen MR) is 146 cm³/mol. The summed E-state index contributed by atoms with van der Waals surface area (Å²) in [5, 5.41) is 5.50. The Morgan fingerprint density at radius 2 is 1.67 bits per heavy atom. The van der Waals surface area contributed by atoms with Gasteiger partial charge in [-0.25, -0.2) is 4.79 Å². The topological polar surface area (TPSA) is 137 Å². The third kappa shape index (κ3) is 14.4. The average molecular weight is 618 g/mol. The van der Waals surface area contributed by atoms with Crippen LogP contribution in [0.4, 0.5) is 0 Å². The lowest BCUT2D eigenvalue weighted by molar-refractivity contribution is -0.155. The smallest absolute Gasteiger partial charge is 0.328 e. The van der Waals surface area contributed by atoms with E-state index in [9.17, 15) is 19.2 Å². The molecule has 1 rings (SSSR count). The number of halogens is 1. The summed E-state index contributed by atoms with van der Waals surface area (Å²) in [7, 11) is 1.25. The van der Waals surface area contributed by atoms with Gasteiger partial charge in [0.2, 0.25) is 11.8 Å². The van der Waals surface area contributed by atoms with E-state index in [0.717, 1.165) is 12.8 Å². The fourth-order valence-electron chi connectivity index (χ4n) is 3.36. The number of carbonyl (C=O) groups is 4. The van der Waals surface area contributed by atoms with Crippen LogP contribution in [0.3, 0.4) is 0 Å². The molecule has 0 heterocycles. The SMILES string of the molecule is COC(=O)[C@H](CCCCNC(=O)CCCc1ccc(I)cc1)NC(=O)C(N)CCC(=O)OC(C)(C)C. The number of nitrogens with one attached hydrogen (secondary N) is 2. The standard InChI is InChI=1S/C26H40IN3O6/c1-26(2,3)36-23(32)16-15-20(28)24(33)30-21(25(34)35-4)9-5-6-17-29-22(31)10-7-8-18-11-13-19(27)14-12-18/h11-14,20-21H,5-10,15-17,28H2,1-4H3,(H,29,31)(H,30,33)/t20?,21-/m0/s1. The van der Waals surface area contributed by atoms with E-state index in [1.807, 2.05) is 0 Å². The molecule has 36 heavy (non-hydrogen) atoms. The highest BCUT2D eigenvalue weighted by molar-refractivity contribution is 14.1. The first kappa shape index (κ1) is 31.8. The number of benzene rings is 1. The van der Waals surface area contributed by atoms with Crippen LogP contribution < -0.4 is 16.4 Å². The van der Waals surface area contributed by atoms with Crippen LogP contribution >= 0.6 is 22.6 Å². The second-order valence-corrected chi connectivity index (χ2v) is 10.9. The molecule has 0 aliphatic rings. The van der Waals surface area contributed by atoms with Crippen LogP contribution in [0.1, 0.15) is 71.3 Å². The number of methoxy groups -OCH3 is 1. The minimum Gasteiger partial charge on any atom is -0.467 e. The number of esters is 2. The molecule has 4 N–H and O–H groups in total. The number of hydrogen-bond acceptors (Lipinski definition) is 7. The first-order valence-corrected chi connectivity index (χ1v) is 13.4. The van der Waals surface area contributed by atoms with Crippen LogP contribution in [0.5, 0.6) is 0 Å². The molecule has 0 radical (unpaired) electrons. The summed E-state index contributed by atoms with van der Waals surface area (Å²) in [5.74, 6) is -1.54. The molecule has 202 valence electrons. The van der Waals surface area contributed by atoms with E-state index in [1.54, 1.807) is 20.8 Å². The molecule has 0 fully saturated rings. The molecule has 0 aliphatic carbocycles. The normalized spacial score (nSPS) is 12.8. The number of ether oxygens (including phenoxy) is 2. The number of rotatable bonds is 15. The zero-order valence-corrected chi connectivity index (χ0v) is 23.9. The number of amides is 2. The minimum atomic E-state index is -0.955. The van der Waals surface area contributed by atoms with E-state index in [2.05, 4.69) is 57.5 Å². The lowest BCUT2D eigenvalue weighted by atomic mass is 10.1. The molecular weight excluding hydrogens is 577 g/mol. The highest BCUT2D eigenvalue weighted by Gasteiger charge is 2.25. The Morgan fingerprint density at radius 3 is 2.28 bits per heavy atom. The number of hydrogen-bond donors (Lipinski definition) is 3. The van der Waals surface area contributed by atoms with E-state index >= 15 is 0 Å². The molecule has 0 saturated carbocycles. The highest BCUT2D eigenvalue weighted by Crippen LogP contribution is 2.11. The second kappa shape index (κ2) is 16.5. The van der Waals surface area contributed by atoms with Crippen molar-refractivity contribution in [2.24, 2.45) is 5.73 Å². The van der Waals surface area contributed by atoms with E-state index < -0.39 is 35.5 Å². The fourth-order valence-corrected chi connectivity index (χ4v) is 3.72. The number of aryl methyl sites for hydroxylation is 1. The van der Waals surface area contributed by atoms with Gasteiger partial charge in [0.25, 0.3) is 0 Å². The summed E-state index contributed by atoms with van der Waals surface area (Å²) in [6.07, 6.45) is 3.77. The first-order chi connectivity index (χ1) is 16.9. The van der Waals surface area contributed by atoms with Gasteiger partial charge in [-0.1, -0.05) is 12.1 Å². The molecule has 2 atom stereocenters. The van der Waals surface area contributed by atoms with Crippen molar-refractivity contribution in [2.45, 2.75) is 89.8 Å². The third-order valence-electron chi connectivity index (χ3n) is 5.24. The van der Waals surface area contributed by atoms with Crippen LogP contribution in [0.2, 0.25) is 0 Å². The van der Waals surface area contributed by atoms with Gasteiger partial charge >= 0.3 is 11.9 Å². The van der Waals surface area contributed by atoms with E-state index in [0.29, 0.717) is 32.2 Å². The predicted octanol–water partition coefficient (Wildman–Crippen LogP) is 3.01. The Balaban J connectivity index is 2.30. The van der Waals surface area contributed by atoms with Gasteiger partial charge in [0, 0.05) is 23.0 Å². The Morgan fingerprint density at radius 1 is 1.00 bits per heavy atom. The van der Waals surface area contributed by atoms with Gasteiger partial charge < -0.3 is 25.8 Å². The molecule has 1 aromatic carbocycles. The molecule has 0 aromatic heterocycles. The molecule has 0 spiro atoms. The van der Waals surface area contributed by atoms with Crippen molar-refractivity contribution < 1.29 is 28.7 Å². The quantitative estimate of drug-likeness (QED) is 0.156. The summed E-state index contributed by atoms with van der Waals surface area (Å²) in [6, 6.07) is 6.45. The summed E-state index contributed by atoms with van der Waals surface area (Å²) < 4.78 is 11.2. The van der Waals surface area contributed by atoms with Gasteiger partial charge in [0.15, 0.2) is 0 Å². The number of carbonyl (C=O) groups excluding carboxylic acids is 4. The van der Waals surface area contributed by atoms with Gasteiger partial charge in [-0.15, -0.1) is 0 Å². The first-order valence-electron chi connectivity index (χ1n) is 12.3. The van der Waals surface area contributed by atoms with Gasteiger partial charge in [-0.2, -0.15) is 0 Å². The van der Waals surface area contributed by atoms with Crippen LogP contribution in [0.15, 0.2) is 24.3 Å². The van der Waals surface area contributed by atoms with Gasteiger partial charge in [0.1, 0.15) is 11.6 Å². The van der Waals surface area contributed by atoms with E-state index in [4.69, 9.17) is 15.2 Å². The van der Waals surface area contributed by atoms with Crippen LogP contribution in [-0.4, -0.2) is 55.1 Å². The van der Waals surface area contributed by atoms with Crippen molar-refractivity contribution >= 4 is 46.3 Å². The fraction of sp³-hybridized carbons (Fsp3) is 0.615. The maximum Gasteiger partial charge on any atom is 0.328 e. The summed E-state index contributed by atoms with van der Waals surface area (Å²) in [4.78, 5) is 48.4. The van der Waals surface area contributed by atoms with Crippen molar-refractivity contribution in [1.29, 1.82) is 0 Å². The summed E-state index contributed by atoms with van der Waals surface area (Å²) in [5.41, 5.74) is 6.49. The Kier molecular flexibility index (Phi) is 14.6. The molecule has 0 bridgehead atoms. The number of nitrogens with two attached hydrogens (primary N) is 1. The molecule has 1 unspecified atom stereocenters. The Hall–Kier alpha value is -2.21. The molecule has 0 aliphatic heterocycles. The van der Waals surface area contributed by atoms with Gasteiger partial charge in [-0.3, -0.25) is 14.4 Å². The molecular formula is C26H40IN3O6. The highest BCUT2D eigenvalue weighted by atomic mass is 127. The minimum absolute atomic E-state index is 0.000831. The van der Waals surface area contributed by atoms with Crippen LogP contribution in [0, 0.1) is 3.57 Å². The zero-order chi connectivity index (χ0) is 27.1. The van der Waals surface area contributed by atoms with Crippen LogP contribution in [0.25, 0.3) is 0 Å². The molecule has 1 aromatic rings. The zero-order valence-electron chi connectivity index (χ0n) is 21.7. The van der Waals surface area contributed by atoms with Gasteiger partial charge in [0.05, 0.1) is 13.2 Å². The number of unbranched alkanes of at least 4 members (excludes halogenated alkanes) is 1. The average Bonchev–Trinajstić information content (AvgIpc) is 2.81. The molecule has 0 saturated heterocycles. The maximum atomic E-state index is 12.4. The van der Waals surface area contributed by atoms with Crippen molar-refractivity contribution in [3.8, 4) is 0 Å². The summed E-state index contributed by atoms with van der Waals surface area (Å²) >= 11 is 2.26. The van der Waals surface area contributed by atoms with E-state index in [-0.39, 0.29) is 18.7 Å². The van der Waals surface area contributed by atoms with Crippen molar-refractivity contribution in [3.63, 3.8) is 0 Å². The monoisotopic (exact) mass is 617 g/mol. The Labute approximate surface area is 227 Å². The van der Waals surface area contributed by atoms with Gasteiger partial charge in [-0.05, 0) is 99.6 Å². The largest absolute Gasteiger partial charge is 0.467 e. The third-order valence-corrected chi connectivity index (χ3v) is 5.96. The van der Waals surface area contributed by atoms with Crippen LogP contribution in [-0.2, 0) is 35.1 Å². The molecule has 10 heteroatoms. The van der Waals surface area contributed by atoms with Crippen molar-refractivity contribution in [1.82, 2.24) is 10.6 Å².